The highest BCUT2D eigenvalue weighted by atomic mass is 35.5. The largest absolute Gasteiger partial charge is 0.497 e. The maximum absolute atomic E-state index is 5.72. The molecule has 2 rings (SSSR count). The van der Waals surface area contributed by atoms with Crippen LogP contribution in [0.15, 0.2) is 18.2 Å². The summed E-state index contributed by atoms with van der Waals surface area (Å²) in [5.74, 6) is 1.72. The smallest absolute Gasteiger partial charge is 0.119 e. The quantitative estimate of drug-likeness (QED) is 0.750. The third-order valence-corrected chi connectivity index (χ3v) is 3.38. The molecule has 1 aliphatic rings. The van der Waals surface area contributed by atoms with Crippen LogP contribution in [-0.4, -0.2) is 31.0 Å². The van der Waals surface area contributed by atoms with Crippen molar-refractivity contribution in [3.05, 3.63) is 29.3 Å². The topological polar surface area (TPSA) is 12.5 Å². The third kappa shape index (κ3) is 2.69. The van der Waals surface area contributed by atoms with Gasteiger partial charge in [0.25, 0.3) is 0 Å². The maximum Gasteiger partial charge on any atom is 0.119 e. The number of halogens is 1. The molecule has 0 saturated heterocycles. The molecule has 0 radical (unpaired) electrons. The van der Waals surface area contributed by atoms with Crippen LogP contribution in [-0.2, 0) is 13.0 Å². The molecule has 0 bridgehead atoms. The van der Waals surface area contributed by atoms with Crippen molar-refractivity contribution in [3.63, 3.8) is 0 Å². The molecule has 1 heterocycles. The van der Waals surface area contributed by atoms with E-state index in [1.807, 2.05) is 6.07 Å². The molecular weight excluding hydrogens is 222 g/mol. The summed E-state index contributed by atoms with van der Waals surface area (Å²) in [6.07, 6.45) is 2.20. The zero-order valence-electron chi connectivity index (χ0n) is 9.71. The van der Waals surface area contributed by atoms with Crippen LogP contribution in [0.2, 0.25) is 0 Å². The van der Waals surface area contributed by atoms with Crippen molar-refractivity contribution in [1.29, 1.82) is 0 Å². The van der Waals surface area contributed by atoms with Crippen molar-refractivity contribution < 1.29 is 4.74 Å². The van der Waals surface area contributed by atoms with Crippen LogP contribution < -0.4 is 4.74 Å². The molecule has 0 N–H and O–H groups in total. The molecule has 3 heteroatoms. The summed E-state index contributed by atoms with van der Waals surface area (Å²) < 4.78 is 5.24. The molecule has 1 aliphatic heterocycles. The number of ether oxygens (including phenoxy) is 1. The lowest BCUT2D eigenvalue weighted by Gasteiger charge is -2.28. The van der Waals surface area contributed by atoms with E-state index in [-0.39, 0.29) is 0 Å². The summed E-state index contributed by atoms with van der Waals surface area (Å²) in [4.78, 5) is 2.47. The molecule has 1 aromatic rings. The van der Waals surface area contributed by atoms with Crippen LogP contribution in [0.3, 0.4) is 0 Å². The van der Waals surface area contributed by atoms with Gasteiger partial charge in [0.15, 0.2) is 0 Å². The number of alkyl halides is 1. The van der Waals surface area contributed by atoms with E-state index in [4.69, 9.17) is 16.3 Å². The minimum absolute atomic E-state index is 0.756. The summed E-state index contributed by atoms with van der Waals surface area (Å²) in [5.41, 5.74) is 2.86. The fraction of sp³-hybridized carbons (Fsp3) is 0.538. The molecule has 2 nitrogen and oxygen atoms in total. The predicted molar refractivity (Wildman–Crippen MR) is 67.3 cm³/mol. The number of nitrogens with zero attached hydrogens (tertiary/aromatic N) is 1. The van der Waals surface area contributed by atoms with Crippen LogP contribution in [0, 0.1) is 0 Å². The van der Waals surface area contributed by atoms with Gasteiger partial charge in [-0.05, 0) is 42.6 Å². The summed E-state index contributed by atoms with van der Waals surface area (Å²) in [5, 5.41) is 0. The molecule has 0 unspecified atom stereocenters. The van der Waals surface area contributed by atoms with Gasteiger partial charge in [-0.3, -0.25) is 4.90 Å². The van der Waals surface area contributed by atoms with E-state index in [0.29, 0.717) is 0 Å². The first-order valence-electron chi connectivity index (χ1n) is 5.77. The standard InChI is InChI=1S/C13H18ClNO/c1-16-13-4-3-12-10-15(7-2-6-14)8-5-11(12)9-13/h3-4,9H,2,5-8,10H2,1H3. The fourth-order valence-corrected chi connectivity index (χ4v) is 2.31. The highest BCUT2D eigenvalue weighted by molar-refractivity contribution is 6.17. The van der Waals surface area contributed by atoms with E-state index in [9.17, 15) is 0 Å². The average Bonchev–Trinajstić information content (AvgIpc) is 2.35. The number of rotatable bonds is 4. The molecule has 0 amide bonds. The van der Waals surface area contributed by atoms with Crippen LogP contribution in [0.4, 0.5) is 0 Å². The van der Waals surface area contributed by atoms with Crippen LogP contribution in [0.1, 0.15) is 17.5 Å². The molecule has 0 spiro atoms. The van der Waals surface area contributed by atoms with Gasteiger partial charge < -0.3 is 4.74 Å². The van der Waals surface area contributed by atoms with Crippen molar-refractivity contribution in [1.82, 2.24) is 4.90 Å². The second kappa shape index (κ2) is 5.55. The van der Waals surface area contributed by atoms with Gasteiger partial charge in [0.2, 0.25) is 0 Å². The van der Waals surface area contributed by atoms with Gasteiger partial charge in [0, 0.05) is 19.0 Å². The summed E-state index contributed by atoms with van der Waals surface area (Å²) in [6.45, 7) is 3.29. The maximum atomic E-state index is 5.72. The Labute approximate surface area is 102 Å². The van der Waals surface area contributed by atoms with Gasteiger partial charge in [0.05, 0.1) is 7.11 Å². The first kappa shape index (κ1) is 11.7. The molecule has 88 valence electrons. The number of hydrogen-bond donors (Lipinski definition) is 0. The molecule has 1 aromatic carbocycles. The Kier molecular flexibility index (Phi) is 4.08. The molecule has 16 heavy (non-hydrogen) atoms. The molecule has 0 fully saturated rings. The van der Waals surface area contributed by atoms with Crippen molar-refractivity contribution in [2.45, 2.75) is 19.4 Å². The minimum atomic E-state index is 0.756. The monoisotopic (exact) mass is 239 g/mol. The van der Waals surface area contributed by atoms with Crippen LogP contribution in [0.5, 0.6) is 5.75 Å². The summed E-state index contributed by atoms with van der Waals surface area (Å²) >= 11 is 5.72. The van der Waals surface area contributed by atoms with Gasteiger partial charge in [-0.1, -0.05) is 6.07 Å². The number of methoxy groups -OCH3 is 1. The van der Waals surface area contributed by atoms with E-state index < -0.39 is 0 Å². The Morgan fingerprint density at radius 1 is 1.38 bits per heavy atom. The van der Waals surface area contributed by atoms with E-state index in [1.165, 1.54) is 11.1 Å². The van der Waals surface area contributed by atoms with Crippen molar-refractivity contribution in [3.8, 4) is 5.75 Å². The van der Waals surface area contributed by atoms with Crippen molar-refractivity contribution >= 4 is 11.6 Å². The third-order valence-electron chi connectivity index (χ3n) is 3.11. The minimum Gasteiger partial charge on any atom is -0.497 e. The van der Waals surface area contributed by atoms with Crippen molar-refractivity contribution in [2.24, 2.45) is 0 Å². The fourth-order valence-electron chi connectivity index (χ4n) is 2.19. The van der Waals surface area contributed by atoms with Gasteiger partial charge >= 0.3 is 0 Å². The lowest BCUT2D eigenvalue weighted by atomic mass is 9.99. The van der Waals surface area contributed by atoms with E-state index in [2.05, 4.69) is 17.0 Å². The van der Waals surface area contributed by atoms with Gasteiger partial charge in [-0.2, -0.15) is 0 Å². The Hall–Kier alpha value is -0.730. The number of hydrogen-bond acceptors (Lipinski definition) is 2. The van der Waals surface area contributed by atoms with Gasteiger partial charge in [-0.25, -0.2) is 0 Å². The molecule has 0 saturated carbocycles. The lowest BCUT2D eigenvalue weighted by molar-refractivity contribution is 0.255. The van der Waals surface area contributed by atoms with E-state index >= 15 is 0 Å². The van der Waals surface area contributed by atoms with Crippen LogP contribution in [0.25, 0.3) is 0 Å². The Bertz CT molecular complexity index is 354. The summed E-state index contributed by atoms with van der Waals surface area (Å²) in [7, 11) is 1.72. The van der Waals surface area contributed by atoms with Crippen molar-refractivity contribution in [2.75, 3.05) is 26.1 Å². The van der Waals surface area contributed by atoms with Gasteiger partial charge in [-0.15, -0.1) is 11.6 Å². The molecule has 0 aliphatic carbocycles. The van der Waals surface area contributed by atoms with E-state index in [0.717, 1.165) is 44.1 Å². The highest BCUT2D eigenvalue weighted by Gasteiger charge is 2.15. The highest BCUT2D eigenvalue weighted by Crippen LogP contribution is 2.23. The zero-order valence-corrected chi connectivity index (χ0v) is 10.5. The number of benzene rings is 1. The first-order chi connectivity index (χ1) is 7.83. The SMILES string of the molecule is COc1ccc2c(c1)CCN(CCCCl)C2. The molecular formula is C13H18ClNO. The zero-order chi connectivity index (χ0) is 11.4. The predicted octanol–water partition coefficient (Wildman–Crippen LogP) is 2.68. The van der Waals surface area contributed by atoms with Gasteiger partial charge in [0.1, 0.15) is 5.75 Å². The Morgan fingerprint density at radius 2 is 2.25 bits per heavy atom. The first-order valence-corrected chi connectivity index (χ1v) is 6.31. The van der Waals surface area contributed by atoms with Crippen LogP contribution >= 0.6 is 11.6 Å². The Morgan fingerprint density at radius 3 is 3.00 bits per heavy atom. The molecule has 0 atom stereocenters. The lowest BCUT2D eigenvalue weighted by Crippen LogP contribution is -2.31. The average molecular weight is 240 g/mol. The summed E-state index contributed by atoms with van der Waals surface area (Å²) in [6, 6.07) is 6.39. The van der Waals surface area contributed by atoms with E-state index in [1.54, 1.807) is 7.11 Å². The number of fused-ring (bicyclic) bond motifs is 1. The second-order valence-electron chi connectivity index (χ2n) is 4.20. The normalized spacial score (nSPS) is 15.9. The Balaban J connectivity index is 2.04. The second-order valence-corrected chi connectivity index (χ2v) is 4.58. The molecule has 0 aromatic heterocycles.